The lowest BCUT2D eigenvalue weighted by Gasteiger charge is -2.15. The van der Waals surface area contributed by atoms with Crippen LogP contribution in [0, 0.1) is 5.92 Å². The van der Waals surface area contributed by atoms with E-state index in [1.165, 1.54) is 11.1 Å². The van der Waals surface area contributed by atoms with E-state index in [9.17, 15) is 4.79 Å². The molecule has 0 aromatic heterocycles. The lowest BCUT2D eigenvalue weighted by atomic mass is 10.1. The van der Waals surface area contributed by atoms with E-state index in [0.717, 1.165) is 51.0 Å². The van der Waals surface area contributed by atoms with E-state index >= 15 is 0 Å². The van der Waals surface area contributed by atoms with Crippen LogP contribution < -0.4 is 11.1 Å². The van der Waals surface area contributed by atoms with Crippen molar-refractivity contribution in [3.05, 3.63) is 29.3 Å². The first-order chi connectivity index (χ1) is 10.2. The van der Waals surface area contributed by atoms with Gasteiger partial charge in [0.05, 0.1) is 0 Å². The topological polar surface area (TPSA) is 58.4 Å². The molecule has 1 saturated carbocycles. The SMILES string of the molecule is CCCN1Cc2cccc(NC(=O)C3CCC(N)C3)c2C1. The number of hydrogen-bond acceptors (Lipinski definition) is 3. The molecule has 2 aliphatic rings. The number of amides is 1. The third-order valence-corrected chi connectivity index (χ3v) is 4.69. The first kappa shape index (κ1) is 14.5. The van der Waals surface area contributed by atoms with E-state index in [1.807, 2.05) is 12.1 Å². The molecular formula is C17H25N3O. The maximum absolute atomic E-state index is 12.4. The first-order valence-corrected chi connectivity index (χ1v) is 8.07. The highest BCUT2D eigenvalue weighted by atomic mass is 16.1. The Bertz CT molecular complexity index is 529. The zero-order valence-electron chi connectivity index (χ0n) is 12.8. The number of nitrogens with one attached hydrogen (secondary N) is 1. The molecule has 0 spiro atoms. The third-order valence-electron chi connectivity index (χ3n) is 4.69. The Labute approximate surface area is 126 Å². The van der Waals surface area contributed by atoms with Gasteiger partial charge in [-0.25, -0.2) is 0 Å². The second-order valence-corrected chi connectivity index (χ2v) is 6.41. The molecule has 0 bridgehead atoms. The van der Waals surface area contributed by atoms with Crippen molar-refractivity contribution in [2.75, 3.05) is 11.9 Å². The predicted octanol–water partition coefficient (Wildman–Crippen LogP) is 2.48. The lowest BCUT2D eigenvalue weighted by molar-refractivity contribution is -0.119. The molecule has 2 atom stereocenters. The summed E-state index contributed by atoms with van der Waals surface area (Å²) in [5.41, 5.74) is 9.55. The molecule has 1 fully saturated rings. The quantitative estimate of drug-likeness (QED) is 0.894. The molecule has 3 N–H and O–H groups in total. The Morgan fingerprint density at radius 3 is 2.95 bits per heavy atom. The summed E-state index contributed by atoms with van der Waals surface area (Å²) in [4.78, 5) is 14.8. The van der Waals surface area contributed by atoms with Gasteiger partial charge in [0.1, 0.15) is 0 Å². The van der Waals surface area contributed by atoms with Gasteiger partial charge in [0.25, 0.3) is 0 Å². The zero-order valence-corrected chi connectivity index (χ0v) is 12.8. The molecule has 4 nitrogen and oxygen atoms in total. The fourth-order valence-electron chi connectivity index (χ4n) is 3.57. The Hall–Kier alpha value is -1.39. The van der Waals surface area contributed by atoms with Crippen LogP contribution in [0.3, 0.4) is 0 Å². The van der Waals surface area contributed by atoms with E-state index in [1.54, 1.807) is 0 Å². The van der Waals surface area contributed by atoms with Crippen LogP contribution in [-0.4, -0.2) is 23.4 Å². The number of nitrogens with two attached hydrogens (primary N) is 1. The monoisotopic (exact) mass is 287 g/mol. The summed E-state index contributed by atoms with van der Waals surface area (Å²) < 4.78 is 0. The van der Waals surface area contributed by atoms with Gasteiger partial charge in [-0.3, -0.25) is 9.69 Å². The number of carbonyl (C=O) groups is 1. The van der Waals surface area contributed by atoms with E-state index in [2.05, 4.69) is 23.2 Å². The van der Waals surface area contributed by atoms with Gasteiger partial charge in [0.15, 0.2) is 0 Å². The van der Waals surface area contributed by atoms with Crippen molar-refractivity contribution < 1.29 is 4.79 Å². The smallest absolute Gasteiger partial charge is 0.227 e. The van der Waals surface area contributed by atoms with Crippen molar-refractivity contribution in [1.29, 1.82) is 0 Å². The van der Waals surface area contributed by atoms with Gasteiger partial charge in [-0.15, -0.1) is 0 Å². The van der Waals surface area contributed by atoms with Gasteiger partial charge < -0.3 is 11.1 Å². The van der Waals surface area contributed by atoms with Crippen molar-refractivity contribution in [2.45, 2.75) is 51.7 Å². The standard InChI is InChI=1S/C17H25N3O/c1-2-8-20-10-13-4-3-5-16(15(13)11-20)19-17(21)12-6-7-14(18)9-12/h3-5,12,14H,2,6-11,18H2,1H3,(H,19,21). The molecule has 0 radical (unpaired) electrons. The highest BCUT2D eigenvalue weighted by Gasteiger charge is 2.29. The third kappa shape index (κ3) is 3.11. The first-order valence-electron chi connectivity index (χ1n) is 8.07. The average Bonchev–Trinajstić information content (AvgIpc) is 3.05. The number of hydrogen-bond donors (Lipinski definition) is 2. The molecule has 1 aliphatic carbocycles. The van der Waals surface area contributed by atoms with Crippen molar-refractivity contribution in [1.82, 2.24) is 4.90 Å². The molecule has 1 aliphatic heterocycles. The average molecular weight is 287 g/mol. The van der Waals surface area contributed by atoms with Crippen molar-refractivity contribution in [3.63, 3.8) is 0 Å². The second kappa shape index (κ2) is 6.16. The molecule has 1 amide bonds. The molecule has 114 valence electrons. The normalized spacial score (nSPS) is 25.0. The van der Waals surface area contributed by atoms with Crippen LogP contribution >= 0.6 is 0 Å². The van der Waals surface area contributed by atoms with Gasteiger partial charge in [0.2, 0.25) is 5.91 Å². The van der Waals surface area contributed by atoms with Crippen LogP contribution in [0.1, 0.15) is 43.7 Å². The molecule has 1 aromatic carbocycles. The summed E-state index contributed by atoms with van der Waals surface area (Å²) in [6, 6.07) is 6.44. The molecule has 3 rings (SSSR count). The van der Waals surface area contributed by atoms with Crippen LogP contribution in [0.4, 0.5) is 5.69 Å². The molecule has 21 heavy (non-hydrogen) atoms. The molecule has 1 heterocycles. The summed E-state index contributed by atoms with van der Waals surface area (Å²) in [7, 11) is 0. The van der Waals surface area contributed by atoms with E-state index in [-0.39, 0.29) is 17.9 Å². The van der Waals surface area contributed by atoms with Crippen LogP contribution in [0.15, 0.2) is 18.2 Å². The van der Waals surface area contributed by atoms with Gasteiger partial charge in [-0.05, 0) is 49.4 Å². The lowest BCUT2D eigenvalue weighted by Crippen LogP contribution is -2.24. The molecule has 0 saturated heterocycles. The van der Waals surface area contributed by atoms with Crippen molar-refractivity contribution in [2.24, 2.45) is 11.7 Å². The maximum Gasteiger partial charge on any atom is 0.227 e. The van der Waals surface area contributed by atoms with Gasteiger partial charge in [-0.2, -0.15) is 0 Å². The number of anilines is 1. The highest BCUT2D eigenvalue weighted by Crippen LogP contribution is 2.31. The number of benzene rings is 1. The van der Waals surface area contributed by atoms with Crippen molar-refractivity contribution >= 4 is 11.6 Å². The Morgan fingerprint density at radius 2 is 2.24 bits per heavy atom. The minimum absolute atomic E-state index is 0.0870. The highest BCUT2D eigenvalue weighted by molar-refractivity contribution is 5.93. The van der Waals surface area contributed by atoms with Crippen LogP contribution in [0.25, 0.3) is 0 Å². The summed E-state index contributed by atoms with van der Waals surface area (Å²) in [6.07, 6.45) is 3.87. The van der Waals surface area contributed by atoms with E-state index in [4.69, 9.17) is 5.73 Å². The summed E-state index contributed by atoms with van der Waals surface area (Å²) in [5, 5.41) is 3.15. The van der Waals surface area contributed by atoms with Crippen LogP contribution in [-0.2, 0) is 17.9 Å². The largest absolute Gasteiger partial charge is 0.328 e. The number of rotatable bonds is 4. The zero-order chi connectivity index (χ0) is 14.8. The Balaban J connectivity index is 1.70. The molecular weight excluding hydrogens is 262 g/mol. The van der Waals surface area contributed by atoms with Gasteiger partial charge in [-0.1, -0.05) is 19.1 Å². The van der Waals surface area contributed by atoms with E-state index < -0.39 is 0 Å². The number of fused-ring (bicyclic) bond motifs is 1. The molecule has 1 aromatic rings. The van der Waals surface area contributed by atoms with Crippen LogP contribution in [0.5, 0.6) is 0 Å². The number of nitrogens with zero attached hydrogens (tertiary/aromatic N) is 1. The Morgan fingerprint density at radius 1 is 1.38 bits per heavy atom. The fraction of sp³-hybridized carbons (Fsp3) is 0.588. The van der Waals surface area contributed by atoms with Gasteiger partial charge in [0, 0.05) is 30.7 Å². The second-order valence-electron chi connectivity index (χ2n) is 6.41. The minimum Gasteiger partial charge on any atom is -0.328 e. The molecule has 4 heteroatoms. The summed E-state index contributed by atoms with van der Waals surface area (Å²) in [5.74, 6) is 0.231. The summed E-state index contributed by atoms with van der Waals surface area (Å²) >= 11 is 0. The van der Waals surface area contributed by atoms with Crippen LogP contribution in [0.2, 0.25) is 0 Å². The van der Waals surface area contributed by atoms with Crippen molar-refractivity contribution in [3.8, 4) is 0 Å². The summed E-state index contributed by atoms with van der Waals surface area (Å²) in [6.45, 7) is 5.26. The number of carbonyl (C=O) groups excluding carboxylic acids is 1. The Kier molecular flexibility index (Phi) is 4.27. The maximum atomic E-state index is 12.4. The predicted molar refractivity (Wildman–Crippen MR) is 84.8 cm³/mol. The fourth-order valence-corrected chi connectivity index (χ4v) is 3.57. The van der Waals surface area contributed by atoms with Gasteiger partial charge >= 0.3 is 0 Å². The molecule has 2 unspecified atom stereocenters. The minimum atomic E-state index is 0.0870. The van der Waals surface area contributed by atoms with E-state index in [0.29, 0.717) is 0 Å².